The van der Waals surface area contributed by atoms with Gasteiger partial charge in [0.15, 0.2) is 0 Å². The first-order valence-corrected chi connectivity index (χ1v) is 7.39. The Hall–Kier alpha value is -2.05. The summed E-state index contributed by atoms with van der Waals surface area (Å²) in [6.07, 6.45) is 0. The summed E-state index contributed by atoms with van der Waals surface area (Å²) in [7, 11) is 0. The maximum Gasteiger partial charge on any atom is 0.228 e. The van der Waals surface area contributed by atoms with Crippen LogP contribution in [-0.4, -0.2) is 41.4 Å². The van der Waals surface area contributed by atoms with Gasteiger partial charge in [-0.2, -0.15) is 4.98 Å². The highest BCUT2D eigenvalue weighted by Gasteiger charge is 2.17. The van der Waals surface area contributed by atoms with Crippen molar-refractivity contribution in [3.63, 3.8) is 0 Å². The van der Waals surface area contributed by atoms with Gasteiger partial charge in [0, 0.05) is 24.7 Å². The normalized spacial score (nSPS) is 15.1. The second-order valence-electron chi connectivity index (χ2n) is 5.20. The van der Waals surface area contributed by atoms with Gasteiger partial charge in [-0.1, -0.05) is 11.6 Å². The molecule has 3 rings (SSSR count). The molecular weight excluding hydrogens is 304 g/mol. The summed E-state index contributed by atoms with van der Waals surface area (Å²) < 4.78 is 5.34. The number of anilines is 2. The number of hydrogen-bond donors (Lipinski definition) is 2. The number of phenols is 1. The average molecular weight is 321 g/mol. The molecule has 7 heteroatoms. The summed E-state index contributed by atoms with van der Waals surface area (Å²) in [5.74, 6) is 1.04. The Bertz CT molecular complexity index is 702. The summed E-state index contributed by atoms with van der Waals surface area (Å²) in [4.78, 5) is 10.9. The Morgan fingerprint density at radius 2 is 1.95 bits per heavy atom. The first kappa shape index (κ1) is 14.9. The molecule has 0 bridgehead atoms. The third-order valence-corrected chi connectivity index (χ3v) is 3.90. The topological polar surface area (TPSA) is 84.5 Å². The number of ether oxygens (including phenoxy) is 1. The standard InChI is InChI=1S/C15H17ClN4O2/c1-9-6-13(21)11(16)7-10(9)12-8-14(17)19-15(18-12)20-2-4-22-5-3-20/h6-8,21H,2-5H2,1H3,(H2,17,18,19). The van der Waals surface area contributed by atoms with Crippen LogP contribution in [0.2, 0.25) is 5.02 Å². The summed E-state index contributed by atoms with van der Waals surface area (Å²) in [6, 6.07) is 5.02. The number of nitrogens with two attached hydrogens (primary N) is 1. The molecule has 1 aromatic heterocycles. The molecule has 116 valence electrons. The van der Waals surface area contributed by atoms with Crippen molar-refractivity contribution in [2.75, 3.05) is 36.9 Å². The molecule has 0 aliphatic carbocycles. The van der Waals surface area contributed by atoms with Gasteiger partial charge in [-0.3, -0.25) is 0 Å². The van der Waals surface area contributed by atoms with Crippen molar-refractivity contribution in [1.82, 2.24) is 9.97 Å². The van der Waals surface area contributed by atoms with Gasteiger partial charge >= 0.3 is 0 Å². The summed E-state index contributed by atoms with van der Waals surface area (Å²) in [6.45, 7) is 4.66. The fourth-order valence-electron chi connectivity index (χ4n) is 2.44. The number of aryl methyl sites for hydroxylation is 1. The number of nitrogen functional groups attached to an aromatic ring is 1. The molecule has 1 fully saturated rings. The maximum absolute atomic E-state index is 9.67. The molecule has 1 aromatic carbocycles. The van der Waals surface area contributed by atoms with E-state index in [9.17, 15) is 5.11 Å². The van der Waals surface area contributed by atoms with Gasteiger partial charge in [0.25, 0.3) is 0 Å². The molecule has 0 atom stereocenters. The molecule has 0 spiro atoms. The van der Waals surface area contributed by atoms with Crippen LogP contribution < -0.4 is 10.6 Å². The highest BCUT2D eigenvalue weighted by molar-refractivity contribution is 6.32. The number of benzene rings is 1. The van der Waals surface area contributed by atoms with E-state index in [-0.39, 0.29) is 10.8 Å². The smallest absolute Gasteiger partial charge is 0.228 e. The first-order chi connectivity index (χ1) is 10.5. The van der Waals surface area contributed by atoms with E-state index in [1.54, 1.807) is 18.2 Å². The van der Waals surface area contributed by atoms with Crippen LogP contribution in [0.1, 0.15) is 5.56 Å². The SMILES string of the molecule is Cc1cc(O)c(Cl)cc1-c1cc(N)nc(N2CCOCC2)n1. The minimum atomic E-state index is 0.0540. The summed E-state index contributed by atoms with van der Waals surface area (Å²) in [5.41, 5.74) is 8.31. The zero-order valence-electron chi connectivity index (χ0n) is 12.2. The van der Waals surface area contributed by atoms with Crippen LogP contribution in [-0.2, 0) is 4.74 Å². The van der Waals surface area contributed by atoms with Crippen LogP contribution in [0.3, 0.4) is 0 Å². The Morgan fingerprint density at radius 3 is 2.68 bits per heavy atom. The van der Waals surface area contributed by atoms with E-state index in [0.29, 0.717) is 30.7 Å². The highest BCUT2D eigenvalue weighted by Crippen LogP contribution is 2.33. The maximum atomic E-state index is 9.67. The van der Waals surface area contributed by atoms with Crippen LogP contribution in [0.4, 0.5) is 11.8 Å². The number of aromatic nitrogens is 2. The number of nitrogens with zero attached hydrogens (tertiary/aromatic N) is 3. The molecule has 0 unspecified atom stereocenters. The van der Waals surface area contributed by atoms with Gasteiger partial charge < -0.3 is 20.5 Å². The third-order valence-electron chi connectivity index (χ3n) is 3.60. The van der Waals surface area contributed by atoms with Crippen molar-refractivity contribution in [1.29, 1.82) is 0 Å². The zero-order chi connectivity index (χ0) is 15.7. The lowest BCUT2D eigenvalue weighted by Gasteiger charge is -2.27. The van der Waals surface area contributed by atoms with Gasteiger partial charge in [0.2, 0.25) is 5.95 Å². The first-order valence-electron chi connectivity index (χ1n) is 7.01. The summed E-state index contributed by atoms with van der Waals surface area (Å²) in [5, 5.41) is 9.96. The lowest BCUT2D eigenvalue weighted by Crippen LogP contribution is -2.37. The van der Waals surface area contributed by atoms with Crippen molar-refractivity contribution in [3.05, 3.63) is 28.8 Å². The molecule has 2 heterocycles. The number of rotatable bonds is 2. The van der Waals surface area contributed by atoms with Crippen molar-refractivity contribution < 1.29 is 9.84 Å². The van der Waals surface area contributed by atoms with E-state index in [4.69, 9.17) is 22.1 Å². The quantitative estimate of drug-likeness (QED) is 0.882. The number of phenolic OH excluding ortho intramolecular Hbond substituents is 1. The fraction of sp³-hybridized carbons (Fsp3) is 0.333. The van der Waals surface area contributed by atoms with E-state index in [0.717, 1.165) is 24.2 Å². The number of aromatic hydroxyl groups is 1. The largest absolute Gasteiger partial charge is 0.506 e. The molecule has 2 aromatic rings. The molecule has 1 aliphatic heterocycles. The summed E-state index contributed by atoms with van der Waals surface area (Å²) >= 11 is 6.01. The highest BCUT2D eigenvalue weighted by atomic mass is 35.5. The van der Waals surface area contributed by atoms with Crippen LogP contribution >= 0.6 is 11.6 Å². The van der Waals surface area contributed by atoms with Crippen molar-refractivity contribution in [2.24, 2.45) is 0 Å². The van der Waals surface area contributed by atoms with Crippen LogP contribution in [0.5, 0.6) is 5.75 Å². The lowest BCUT2D eigenvalue weighted by molar-refractivity contribution is 0.122. The zero-order valence-corrected chi connectivity index (χ0v) is 13.0. The number of hydrogen-bond acceptors (Lipinski definition) is 6. The Labute approximate surface area is 133 Å². The molecule has 3 N–H and O–H groups in total. The van der Waals surface area contributed by atoms with Crippen molar-refractivity contribution in [2.45, 2.75) is 6.92 Å². The second-order valence-corrected chi connectivity index (χ2v) is 5.60. The van der Waals surface area contributed by atoms with E-state index >= 15 is 0 Å². The van der Waals surface area contributed by atoms with E-state index in [2.05, 4.69) is 9.97 Å². The van der Waals surface area contributed by atoms with Crippen LogP contribution in [0.15, 0.2) is 18.2 Å². The van der Waals surface area contributed by atoms with Crippen LogP contribution in [0, 0.1) is 6.92 Å². The van der Waals surface area contributed by atoms with Gasteiger partial charge in [0.05, 0.1) is 23.9 Å². The number of halogens is 1. The monoisotopic (exact) mass is 320 g/mol. The van der Waals surface area contributed by atoms with Gasteiger partial charge in [-0.15, -0.1) is 0 Å². The van der Waals surface area contributed by atoms with E-state index in [1.807, 2.05) is 11.8 Å². The minimum Gasteiger partial charge on any atom is -0.506 e. The van der Waals surface area contributed by atoms with Gasteiger partial charge in [0.1, 0.15) is 11.6 Å². The second kappa shape index (κ2) is 5.98. The van der Waals surface area contributed by atoms with Gasteiger partial charge in [-0.25, -0.2) is 4.98 Å². The predicted molar refractivity (Wildman–Crippen MR) is 86.3 cm³/mol. The molecule has 22 heavy (non-hydrogen) atoms. The van der Waals surface area contributed by atoms with Crippen LogP contribution in [0.25, 0.3) is 11.3 Å². The number of morpholine rings is 1. The fourth-order valence-corrected chi connectivity index (χ4v) is 2.60. The van der Waals surface area contributed by atoms with E-state index in [1.165, 1.54) is 0 Å². The molecule has 0 saturated carbocycles. The molecule has 0 amide bonds. The Morgan fingerprint density at radius 1 is 1.23 bits per heavy atom. The lowest BCUT2D eigenvalue weighted by atomic mass is 10.0. The minimum absolute atomic E-state index is 0.0540. The molecular formula is C15H17ClN4O2. The predicted octanol–water partition coefficient (Wildman–Crippen LogP) is 2.23. The van der Waals surface area contributed by atoms with Gasteiger partial charge in [-0.05, 0) is 24.6 Å². The molecule has 1 aliphatic rings. The molecule has 6 nitrogen and oxygen atoms in total. The van der Waals surface area contributed by atoms with E-state index < -0.39 is 0 Å². The Kier molecular flexibility index (Phi) is 4.04. The van der Waals surface area contributed by atoms with Crippen molar-refractivity contribution >= 4 is 23.4 Å². The van der Waals surface area contributed by atoms with Crippen molar-refractivity contribution in [3.8, 4) is 17.0 Å². The Balaban J connectivity index is 2.04. The third kappa shape index (κ3) is 2.93. The molecule has 0 radical (unpaired) electrons. The molecule has 1 saturated heterocycles. The average Bonchev–Trinajstić information content (AvgIpc) is 2.51.